The Morgan fingerprint density at radius 1 is 1.20 bits per heavy atom. The lowest BCUT2D eigenvalue weighted by Crippen LogP contribution is -2.51. The van der Waals surface area contributed by atoms with Gasteiger partial charge in [0, 0.05) is 37.9 Å². The van der Waals surface area contributed by atoms with Crippen LogP contribution in [0, 0.1) is 6.92 Å². The number of anilines is 1. The predicted molar refractivity (Wildman–Crippen MR) is 81.2 cm³/mol. The molecule has 3 rings (SSSR count). The van der Waals surface area contributed by atoms with Crippen LogP contribution in [-0.4, -0.2) is 54.8 Å². The summed E-state index contributed by atoms with van der Waals surface area (Å²) in [4.78, 5) is 9.68. The Balaban J connectivity index is 1.56. The average molecular weight is 275 g/mol. The van der Waals surface area contributed by atoms with Crippen molar-refractivity contribution in [3.8, 4) is 0 Å². The van der Waals surface area contributed by atoms with Gasteiger partial charge in [-0.1, -0.05) is 6.07 Å². The number of pyridine rings is 1. The van der Waals surface area contributed by atoms with Crippen molar-refractivity contribution >= 4 is 5.82 Å². The number of piperidine rings is 1. The number of morpholine rings is 1. The first-order chi connectivity index (χ1) is 9.72. The van der Waals surface area contributed by atoms with E-state index in [0.717, 1.165) is 50.3 Å². The van der Waals surface area contributed by atoms with Crippen molar-refractivity contribution in [3.63, 3.8) is 0 Å². The van der Waals surface area contributed by atoms with Crippen molar-refractivity contribution in [2.45, 2.75) is 38.8 Å². The standard InChI is InChI=1S/C16H25N3O/c1-13-4-3-5-16(17-13)18-8-6-15(7-9-18)19-10-11-20-14(2)12-19/h3-5,14-15H,6-12H2,1-2H3/t14-/m0/s1. The van der Waals surface area contributed by atoms with Gasteiger partial charge in [-0.3, -0.25) is 4.90 Å². The van der Waals surface area contributed by atoms with Crippen LogP contribution in [0.1, 0.15) is 25.5 Å². The van der Waals surface area contributed by atoms with Crippen molar-refractivity contribution in [2.24, 2.45) is 0 Å². The molecule has 3 heterocycles. The Labute approximate surface area is 121 Å². The molecule has 2 saturated heterocycles. The van der Waals surface area contributed by atoms with Crippen LogP contribution >= 0.6 is 0 Å². The third-order valence-electron chi connectivity index (χ3n) is 4.45. The molecule has 1 atom stereocenters. The molecule has 1 aromatic heterocycles. The van der Waals surface area contributed by atoms with Gasteiger partial charge in [-0.25, -0.2) is 4.98 Å². The van der Waals surface area contributed by atoms with Crippen molar-refractivity contribution in [2.75, 3.05) is 37.7 Å². The van der Waals surface area contributed by atoms with Gasteiger partial charge in [0.2, 0.25) is 0 Å². The summed E-state index contributed by atoms with van der Waals surface area (Å²) in [5.41, 5.74) is 1.10. The minimum atomic E-state index is 0.389. The first-order valence-corrected chi connectivity index (χ1v) is 7.76. The van der Waals surface area contributed by atoms with E-state index in [1.54, 1.807) is 0 Å². The van der Waals surface area contributed by atoms with Crippen molar-refractivity contribution in [3.05, 3.63) is 23.9 Å². The molecule has 4 nitrogen and oxygen atoms in total. The van der Waals surface area contributed by atoms with E-state index in [9.17, 15) is 0 Å². The van der Waals surface area contributed by atoms with E-state index in [1.165, 1.54) is 12.8 Å². The van der Waals surface area contributed by atoms with E-state index in [4.69, 9.17) is 4.74 Å². The second kappa shape index (κ2) is 6.10. The van der Waals surface area contributed by atoms with Gasteiger partial charge in [-0.05, 0) is 38.8 Å². The molecule has 0 radical (unpaired) electrons. The number of aryl methyl sites for hydroxylation is 1. The van der Waals surface area contributed by atoms with Gasteiger partial charge >= 0.3 is 0 Å². The zero-order valence-electron chi connectivity index (χ0n) is 12.6. The molecule has 2 aliphatic rings. The highest BCUT2D eigenvalue weighted by Gasteiger charge is 2.28. The number of nitrogens with zero attached hydrogens (tertiary/aromatic N) is 3. The summed E-state index contributed by atoms with van der Waals surface area (Å²) in [5, 5.41) is 0. The number of rotatable bonds is 2. The maximum atomic E-state index is 5.64. The summed E-state index contributed by atoms with van der Waals surface area (Å²) in [5.74, 6) is 1.14. The maximum Gasteiger partial charge on any atom is 0.128 e. The zero-order valence-corrected chi connectivity index (χ0v) is 12.6. The lowest BCUT2D eigenvalue weighted by molar-refractivity contribution is -0.0373. The molecule has 0 aromatic carbocycles. The highest BCUT2D eigenvalue weighted by molar-refractivity contribution is 5.39. The molecule has 110 valence electrons. The van der Waals surface area contributed by atoms with Crippen molar-refractivity contribution < 1.29 is 4.74 Å². The minimum Gasteiger partial charge on any atom is -0.376 e. The van der Waals surface area contributed by atoms with Crippen molar-refractivity contribution in [1.82, 2.24) is 9.88 Å². The van der Waals surface area contributed by atoms with Crippen LogP contribution in [0.2, 0.25) is 0 Å². The monoisotopic (exact) mass is 275 g/mol. The van der Waals surface area contributed by atoms with Gasteiger partial charge in [0.1, 0.15) is 5.82 Å². The Morgan fingerprint density at radius 3 is 2.70 bits per heavy atom. The number of hydrogen-bond acceptors (Lipinski definition) is 4. The molecule has 4 heteroatoms. The Bertz CT molecular complexity index is 443. The van der Waals surface area contributed by atoms with Crippen LogP contribution in [-0.2, 0) is 4.74 Å². The molecule has 0 spiro atoms. The third-order valence-corrected chi connectivity index (χ3v) is 4.45. The fourth-order valence-corrected chi connectivity index (χ4v) is 3.34. The van der Waals surface area contributed by atoms with Crippen LogP contribution in [0.5, 0.6) is 0 Å². The molecule has 2 aliphatic heterocycles. The van der Waals surface area contributed by atoms with Gasteiger partial charge in [-0.2, -0.15) is 0 Å². The molecular weight excluding hydrogens is 250 g/mol. The zero-order chi connectivity index (χ0) is 13.9. The van der Waals surface area contributed by atoms with Crippen LogP contribution in [0.25, 0.3) is 0 Å². The summed E-state index contributed by atoms with van der Waals surface area (Å²) < 4.78 is 5.64. The second-order valence-corrected chi connectivity index (χ2v) is 6.03. The van der Waals surface area contributed by atoms with E-state index >= 15 is 0 Å². The smallest absolute Gasteiger partial charge is 0.128 e. The van der Waals surface area contributed by atoms with Gasteiger partial charge in [0.05, 0.1) is 12.7 Å². The highest BCUT2D eigenvalue weighted by Crippen LogP contribution is 2.22. The molecule has 0 unspecified atom stereocenters. The summed E-state index contributed by atoms with van der Waals surface area (Å²) in [6, 6.07) is 7.02. The van der Waals surface area contributed by atoms with Gasteiger partial charge < -0.3 is 9.64 Å². The fourth-order valence-electron chi connectivity index (χ4n) is 3.34. The molecule has 0 amide bonds. The number of aromatic nitrogens is 1. The number of hydrogen-bond donors (Lipinski definition) is 0. The molecule has 0 bridgehead atoms. The van der Waals surface area contributed by atoms with E-state index in [0.29, 0.717) is 6.10 Å². The summed E-state index contributed by atoms with van der Waals surface area (Å²) in [6.07, 6.45) is 2.87. The second-order valence-electron chi connectivity index (χ2n) is 6.03. The van der Waals surface area contributed by atoms with Crippen LogP contribution < -0.4 is 4.90 Å². The van der Waals surface area contributed by atoms with Gasteiger partial charge in [-0.15, -0.1) is 0 Å². The van der Waals surface area contributed by atoms with Gasteiger partial charge in [0.15, 0.2) is 0 Å². The SMILES string of the molecule is Cc1cccc(N2CCC(N3CCO[C@@H](C)C3)CC2)n1. The lowest BCUT2D eigenvalue weighted by Gasteiger charge is -2.42. The maximum absolute atomic E-state index is 5.64. The molecule has 1 aromatic rings. The molecular formula is C16H25N3O. The third kappa shape index (κ3) is 3.13. The van der Waals surface area contributed by atoms with Gasteiger partial charge in [0.25, 0.3) is 0 Å². The van der Waals surface area contributed by atoms with Crippen molar-refractivity contribution in [1.29, 1.82) is 0 Å². The number of ether oxygens (including phenoxy) is 1. The summed E-state index contributed by atoms with van der Waals surface area (Å²) >= 11 is 0. The average Bonchev–Trinajstić information content (AvgIpc) is 2.47. The Morgan fingerprint density at radius 2 is 2.00 bits per heavy atom. The molecule has 0 N–H and O–H groups in total. The minimum absolute atomic E-state index is 0.389. The first kappa shape index (κ1) is 13.8. The summed E-state index contributed by atoms with van der Waals surface area (Å²) in [6.45, 7) is 9.55. The quantitative estimate of drug-likeness (QED) is 0.826. The van der Waals surface area contributed by atoms with Crippen LogP contribution in [0.3, 0.4) is 0 Å². The Kier molecular flexibility index (Phi) is 4.22. The van der Waals surface area contributed by atoms with E-state index in [2.05, 4.69) is 46.8 Å². The molecule has 0 saturated carbocycles. The first-order valence-electron chi connectivity index (χ1n) is 7.76. The van der Waals surface area contributed by atoms with Crippen LogP contribution in [0.4, 0.5) is 5.82 Å². The highest BCUT2D eigenvalue weighted by atomic mass is 16.5. The topological polar surface area (TPSA) is 28.6 Å². The largest absolute Gasteiger partial charge is 0.376 e. The predicted octanol–water partition coefficient (Wildman–Crippen LogP) is 2.08. The van der Waals surface area contributed by atoms with E-state index < -0.39 is 0 Å². The molecule has 0 aliphatic carbocycles. The molecule has 2 fully saturated rings. The normalized spacial score (nSPS) is 25.9. The van der Waals surface area contributed by atoms with E-state index in [1.807, 2.05) is 0 Å². The van der Waals surface area contributed by atoms with E-state index in [-0.39, 0.29) is 0 Å². The molecule has 20 heavy (non-hydrogen) atoms. The Hall–Kier alpha value is -1.13. The summed E-state index contributed by atoms with van der Waals surface area (Å²) in [7, 11) is 0. The lowest BCUT2D eigenvalue weighted by atomic mass is 10.0. The fraction of sp³-hybridized carbons (Fsp3) is 0.688. The van der Waals surface area contributed by atoms with Crippen LogP contribution in [0.15, 0.2) is 18.2 Å².